The third kappa shape index (κ3) is 3.07. The molecular formula is C8H13NO2. The zero-order valence-electron chi connectivity index (χ0n) is 6.47. The first-order valence-electron chi connectivity index (χ1n) is 3.96. The molecule has 1 aliphatic heterocycles. The van der Waals surface area contributed by atoms with Crippen LogP contribution in [0.25, 0.3) is 0 Å². The van der Waals surface area contributed by atoms with E-state index in [2.05, 4.69) is 5.32 Å². The van der Waals surface area contributed by atoms with Crippen molar-refractivity contribution in [1.29, 1.82) is 0 Å². The maximum Gasteiger partial charge on any atom is 0.330 e. The Morgan fingerprint density at radius 1 is 1.45 bits per heavy atom. The second kappa shape index (κ2) is 4.01. The van der Waals surface area contributed by atoms with Crippen molar-refractivity contribution in [2.75, 3.05) is 6.54 Å². The highest BCUT2D eigenvalue weighted by Crippen LogP contribution is 2.10. The first-order chi connectivity index (χ1) is 5.29. The normalized spacial score (nSPS) is 22.4. The second-order valence-corrected chi connectivity index (χ2v) is 2.75. The van der Waals surface area contributed by atoms with E-state index >= 15 is 0 Å². The molecule has 2 N–H and O–H groups in total. The fourth-order valence-corrected chi connectivity index (χ4v) is 1.23. The molecule has 1 aliphatic rings. The average molecular weight is 155 g/mol. The van der Waals surface area contributed by atoms with Gasteiger partial charge >= 0.3 is 5.97 Å². The van der Waals surface area contributed by atoms with E-state index < -0.39 is 5.97 Å². The van der Waals surface area contributed by atoms with Crippen molar-refractivity contribution in [3.8, 4) is 0 Å². The van der Waals surface area contributed by atoms with Gasteiger partial charge in [0, 0.05) is 18.3 Å². The summed E-state index contributed by atoms with van der Waals surface area (Å²) < 4.78 is 0. The molecule has 0 aliphatic carbocycles. The van der Waals surface area contributed by atoms with Gasteiger partial charge in [0.2, 0.25) is 0 Å². The number of allylic oxidation sites excluding steroid dienone is 1. The van der Waals surface area contributed by atoms with Crippen LogP contribution in [0, 0.1) is 0 Å². The van der Waals surface area contributed by atoms with Crippen LogP contribution in [0.5, 0.6) is 0 Å². The molecule has 0 spiro atoms. The number of hydrogen-bond donors (Lipinski definition) is 2. The van der Waals surface area contributed by atoms with Gasteiger partial charge in [-0.2, -0.15) is 0 Å². The van der Waals surface area contributed by atoms with E-state index in [9.17, 15) is 4.79 Å². The van der Waals surface area contributed by atoms with Gasteiger partial charge in [0.25, 0.3) is 0 Å². The Balaban J connectivity index is 2.48. The van der Waals surface area contributed by atoms with Crippen molar-refractivity contribution in [2.45, 2.75) is 25.7 Å². The van der Waals surface area contributed by atoms with Crippen molar-refractivity contribution in [1.82, 2.24) is 5.32 Å². The Bertz CT molecular complexity index is 165. The minimum Gasteiger partial charge on any atom is -0.478 e. The summed E-state index contributed by atoms with van der Waals surface area (Å²) in [6.07, 6.45) is 5.60. The summed E-state index contributed by atoms with van der Waals surface area (Å²) in [5, 5.41) is 11.5. The van der Waals surface area contributed by atoms with Gasteiger partial charge in [-0.1, -0.05) is 6.42 Å². The second-order valence-electron chi connectivity index (χ2n) is 2.75. The molecule has 1 fully saturated rings. The molecule has 1 saturated heterocycles. The number of aliphatic carboxylic acids is 1. The topological polar surface area (TPSA) is 49.3 Å². The van der Waals surface area contributed by atoms with Crippen LogP contribution >= 0.6 is 0 Å². The molecule has 3 heteroatoms. The third-order valence-electron chi connectivity index (χ3n) is 1.77. The smallest absolute Gasteiger partial charge is 0.330 e. The van der Waals surface area contributed by atoms with Crippen molar-refractivity contribution in [3.05, 3.63) is 11.8 Å². The third-order valence-corrected chi connectivity index (χ3v) is 1.77. The number of nitrogens with one attached hydrogen (secondary N) is 1. The van der Waals surface area contributed by atoms with Crippen LogP contribution < -0.4 is 5.32 Å². The summed E-state index contributed by atoms with van der Waals surface area (Å²) in [7, 11) is 0. The van der Waals surface area contributed by atoms with Crippen LogP contribution in [-0.4, -0.2) is 17.6 Å². The van der Waals surface area contributed by atoms with Gasteiger partial charge in [-0.15, -0.1) is 0 Å². The van der Waals surface area contributed by atoms with Crippen molar-refractivity contribution in [2.24, 2.45) is 0 Å². The predicted molar refractivity (Wildman–Crippen MR) is 42.2 cm³/mol. The summed E-state index contributed by atoms with van der Waals surface area (Å²) >= 11 is 0. The Morgan fingerprint density at radius 2 is 2.27 bits per heavy atom. The Kier molecular flexibility index (Phi) is 2.95. The predicted octanol–water partition coefficient (Wildman–Crippen LogP) is 1.12. The molecule has 0 aromatic carbocycles. The van der Waals surface area contributed by atoms with Crippen LogP contribution in [0.4, 0.5) is 0 Å². The SMILES string of the molecule is O=C(O)/C=C1/CCCCCN1. The van der Waals surface area contributed by atoms with Crippen LogP contribution in [0.3, 0.4) is 0 Å². The van der Waals surface area contributed by atoms with Crippen LogP contribution in [0.2, 0.25) is 0 Å². The van der Waals surface area contributed by atoms with Gasteiger partial charge in [-0.05, 0) is 19.3 Å². The lowest BCUT2D eigenvalue weighted by atomic mass is 10.2. The number of rotatable bonds is 1. The molecule has 0 aromatic rings. The van der Waals surface area contributed by atoms with E-state index in [1.165, 1.54) is 12.5 Å². The summed E-state index contributed by atoms with van der Waals surface area (Å²) in [4.78, 5) is 10.3. The lowest BCUT2D eigenvalue weighted by molar-refractivity contribution is -0.131. The fraction of sp³-hybridized carbons (Fsp3) is 0.625. The minimum atomic E-state index is -0.852. The summed E-state index contributed by atoms with van der Waals surface area (Å²) in [5.74, 6) is -0.852. The molecule has 0 saturated carbocycles. The van der Waals surface area contributed by atoms with Gasteiger partial charge in [-0.25, -0.2) is 4.79 Å². The maximum atomic E-state index is 10.3. The lowest BCUT2D eigenvalue weighted by Crippen LogP contribution is -2.13. The Morgan fingerprint density at radius 3 is 3.00 bits per heavy atom. The molecule has 0 aromatic heterocycles. The van der Waals surface area contributed by atoms with E-state index in [1.54, 1.807) is 0 Å². The molecule has 0 radical (unpaired) electrons. The van der Waals surface area contributed by atoms with Crippen LogP contribution in [0.1, 0.15) is 25.7 Å². The highest BCUT2D eigenvalue weighted by atomic mass is 16.4. The molecular weight excluding hydrogens is 142 g/mol. The lowest BCUT2D eigenvalue weighted by Gasteiger charge is -2.02. The molecule has 3 nitrogen and oxygen atoms in total. The van der Waals surface area contributed by atoms with Gasteiger partial charge in [-0.3, -0.25) is 0 Å². The average Bonchev–Trinajstić information content (AvgIpc) is 2.14. The molecule has 0 unspecified atom stereocenters. The first-order valence-corrected chi connectivity index (χ1v) is 3.96. The molecule has 0 bridgehead atoms. The monoisotopic (exact) mass is 155 g/mol. The van der Waals surface area contributed by atoms with Gasteiger partial charge in [0.15, 0.2) is 0 Å². The molecule has 0 atom stereocenters. The van der Waals surface area contributed by atoms with Crippen LogP contribution in [0.15, 0.2) is 11.8 Å². The number of carboxylic acids is 1. The molecule has 1 heterocycles. The Labute approximate surface area is 66.1 Å². The zero-order chi connectivity index (χ0) is 8.10. The van der Waals surface area contributed by atoms with Crippen molar-refractivity contribution < 1.29 is 9.90 Å². The van der Waals surface area contributed by atoms with Crippen LogP contribution in [-0.2, 0) is 4.79 Å². The number of hydrogen-bond acceptors (Lipinski definition) is 2. The zero-order valence-corrected chi connectivity index (χ0v) is 6.47. The summed E-state index contributed by atoms with van der Waals surface area (Å²) in [5.41, 5.74) is 0.870. The summed E-state index contributed by atoms with van der Waals surface area (Å²) in [6.45, 7) is 0.916. The highest BCUT2D eigenvalue weighted by Gasteiger charge is 2.03. The fourth-order valence-electron chi connectivity index (χ4n) is 1.23. The maximum absolute atomic E-state index is 10.3. The van der Waals surface area contributed by atoms with Crippen molar-refractivity contribution in [3.63, 3.8) is 0 Å². The summed E-state index contributed by atoms with van der Waals surface area (Å²) in [6, 6.07) is 0. The minimum absolute atomic E-state index is 0.852. The van der Waals surface area contributed by atoms with E-state index in [1.807, 2.05) is 0 Å². The quantitative estimate of drug-likeness (QED) is 0.558. The van der Waals surface area contributed by atoms with E-state index in [0.717, 1.165) is 31.5 Å². The molecule has 11 heavy (non-hydrogen) atoms. The standard InChI is InChI=1S/C8H13NO2/c10-8(11)6-7-4-2-1-3-5-9-7/h6,9H,1-5H2,(H,10,11)/b7-6-. The number of carbonyl (C=O) groups is 1. The molecule has 1 rings (SSSR count). The molecule has 62 valence electrons. The van der Waals surface area contributed by atoms with E-state index in [-0.39, 0.29) is 0 Å². The highest BCUT2D eigenvalue weighted by molar-refractivity contribution is 5.80. The molecule has 0 amide bonds. The van der Waals surface area contributed by atoms with Crippen molar-refractivity contribution >= 4 is 5.97 Å². The Hall–Kier alpha value is -0.990. The van der Waals surface area contributed by atoms with Gasteiger partial charge < -0.3 is 10.4 Å². The van der Waals surface area contributed by atoms with E-state index in [4.69, 9.17) is 5.11 Å². The largest absolute Gasteiger partial charge is 0.478 e. The first kappa shape index (κ1) is 8.11. The van der Waals surface area contributed by atoms with Gasteiger partial charge in [0.05, 0.1) is 0 Å². The van der Waals surface area contributed by atoms with Gasteiger partial charge in [0.1, 0.15) is 0 Å². The number of carboxylic acid groups (broad SMARTS) is 1. The van der Waals surface area contributed by atoms with E-state index in [0.29, 0.717) is 0 Å².